The van der Waals surface area contributed by atoms with Gasteiger partial charge in [-0.05, 0) is 48.0 Å². The van der Waals surface area contributed by atoms with E-state index in [-0.39, 0.29) is 12.3 Å². The fraction of sp³-hybridized carbons (Fsp3) is 0.143. The van der Waals surface area contributed by atoms with Crippen LogP contribution in [0.15, 0.2) is 60.8 Å². The molecule has 6 nitrogen and oxygen atoms in total. The molecule has 0 spiro atoms. The number of benzene rings is 2. The lowest BCUT2D eigenvalue weighted by Crippen LogP contribution is -2.14. The van der Waals surface area contributed by atoms with Crippen LogP contribution in [0.4, 0.5) is 17.2 Å². The molecule has 0 aliphatic carbocycles. The predicted octanol–water partition coefficient (Wildman–Crippen LogP) is 4.68. The van der Waals surface area contributed by atoms with E-state index in [1.165, 1.54) is 0 Å². The Labute approximate surface area is 168 Å². The summed E-state index contributed by atoms with van der Waals surface area (Å²) in [6.07, 6.45) is 1.81. The van der Waals surface area contributed by atoms with Crippen molar-refractivity contribution in [2.75, 3.05) is 24.9 Å². The second-order valence-corrected chi connectivity index (χ2v) is 6.42. The Balaban J connectivity index is 1.60. The number of pyridine rings is 1. The Morgan fingerprint density at radius 1 is 1.00 bits per heavy atom. The third kappa shape index (κ3) is 5.14. The molecule has 3 rings (SSSR count). The lowest BCUT2D eigenvalue weighted by Gasteiger charge is -2.10. The Bertz CT molecular complexity index is 961. The second kappa shape index (κ2) is 9.10. The third-order valence-corrected chi connectivity index (χ3v) is 4.19. The molecule has 144 valence electrons. The molecule has 0 radical (unpaired) electrons. The smallest absolute Gasteiger partial charge is 0.228 e. The molecule has 0 atom stereocenters. The van der Waals surface area contributed by atoms with Crippen LogP contribution in [0.25, 0.3) is 0 Å². The summed E-state index contributed by atoms with van der Waals surface area (Å²) in [6.45, 7) is 0. The van der Waals surface area contributed by atoms with Gasteiger partial charge in [-0.3, -0.25) is 4.79 Å². The summed E-state index contributed by atoms with van der Waals surface area (Å²) in [6, 6.07) is 16.3. The van der Waals surface area contributed by atoms with Crippen molar-refractivity contribution < 1.29 is 14.3 Å². The molecule has 0 saturated carbocycles. The van der Waals surface area contributed by atoms with E-state index >= 15 is 0 Å². The van der Waals surface area contributed by atoms with E-state index in [0.29, 0.717) is 28.0 Å². The largest absolute Gasteiger partial charge is 0.493 e. The topological polar surface area (TPSA) is 72.5 Å². The van der Waals surface area contributed by atoms with E-state index in [1.807, 2.05) is 24.3 Å². The number of carbonyl (C=O) groups is 1. The molecule has 1 heterocycles. The number of halogens is 1. The molecule has 0 bridgehead atoms. The maximum Gasteiger partial charge on any atom is 0.228 e. The van der Waals surface area contributed by atoms with Gasteiger partial charge in [0.25, 0.3) is 0 Å². The molecule has 0 saturated heterocycles. The molecule has 0 unspecified atom stereocenters. The van der Waals surface area contributed by atoms with Gasteiger partial charge < -0.3 is 20.1 Å². The molecule has 28 heavy (non-hydrogen) atoms. The first kappa shape index (κ1) is 19.5. The predicted molar refractivity (Wildman–Crippen MR) is 111 cm³/mol. The van der Waals surface area contributed by atoms with Gasteiger partial charge in [0.1, 0.15) is 5.82 Å². The number of hydrogen-bond donors (Lipinski definition) is 2. The normalized spacial score (nSPS) is 10.2. The van der Waals surface area contributed by atoms with E-state index in [0.717, 1.165) is 11.3 Å². The quantitative estimate of drug-likeness (QED) is 0.605. The van der Waals surface area contributed by atoms with E-state index in [2.05, 4.69) is 15.6 Å². The molecular weight excluding hydrogens is 378 g/mol. The zero-order valence-electron chi connectivity index (χ0n) is 15.5. The summed E-state index contributed by atoms with van der Waals surface area (Å²) >= 11 is 5.97. The molecule has 2 aromatic carbocycles. The van der Waals surface area contributed by atoms with E-state index in [9.17, 15) is 4.79 Å². The Hall–Kier alpha value is -3.25. The Morgan fingerprint density at radius 2 is 1.82 bits per heavy atom. The van der Waals surface area contributed by atoms with Crippen LogP contribution in [0.3, 0.4) is 0 Å². The number of nitrogens with one attached hydrogen (secondary N) is 2. The standard InChI is InChI=1S/C21H20ClN3O3/c1-27-18-8-6-14(10-19(18)28-2)11-21(26)25-17-7-9-20(23-13-17)24-16-5-3-4-15(22)12-16/h3-10,12-13H,11H2,1-2H3,(H,23,24)(H,25,26). The number of carbonyl (C=O) groups excluding carboxylic acids is 1. The van der Waals surface area contributed by atoms with Gasteiger partial charge in [0.05, 0.1) is 32.5 Å². The van der Waals surface area contributed by atoms with Crippen molar-refractivity contribution in [2.24, 2.45) is 0 Å². The average Bonchev–Trinajstić information content (AvgIpc) is 2.69. The molecule has 0 fully saturated rings. The van der Waals surface area contributed by atoms with E-state index in [4.69, 9.17) is 21.1 Å². The van der Waals surface area contributed by atoms with Crippen molar-refractivity contribution in [3.8, 4) is 11.5 Å². The molecule has 0 aliphatic rings. The minimum atomic E-state index is -0.149. The van der Waals surface area contributed by atoms with Crippen LogP contribution in [0, 0.1) is 0 Å². The van der Waals surface area contributed by atoms with Crippen LogP contribution in [0.5, 0.6) is 11.5 Å². The third-order valence-electron chi connectivity index (χ3n) is 3.96. The van der Waals surface area contributed by atoms with Gasteiger partial charge in [-0.15, -0.1) is 0 Å². The summed E-state index contributed by atoms with van der Waals surface area (Å²) in [5.41, 5.74) is 2.27. The number of rotatable bonds is 7. The number of nitrogens with zero attached hydrogens (tertiary/aromatic N) is 1. The van der Waals surface area contributed by atoms with Crippen LogP contribution in [0.1, 0.15) is 5.56 Å². The number of anilines is 3. The highest BCUT2D eigenvalue weighted by Crippen LogP contribution is 2.27. The zero-order valence-corrected chi connectivity index (χ0v) is 16.3. The van der Waals surface area contributed by atoms with Crippen molar-refractivity contribution >= 4 is 34.7 Å². The highest BCUT2D eigenvalue weighted by atomic mass is 35.5. The van der Waals surface area contributed by atoms with Crippen LogP contribution in [-0.2, 0) is 11.2 Å². The van der Waals surface area contributed by atoms with Gasteiger partial charge in [0.15, 0.2) is 11.5 Å². The van der Waals surface area contributed by atoms with E-state index in [1.54, 1.807) is 50.7 Å². The molecule has 2 N–H and O–H groups in total. The van der Waals surface area contributed by atoms with Gasteiger partial charge in [0, 0.05) is 10.7 Å². The first-order valence-corrected chi connectivity index (χ1v) is 8.94. The summed E-state index contributed by atoms with van der Waals surface area (Å²) in [5, 5.41) is 6.63. The average molecular weight is 398 g/mol. The number of methoxy groups -OCH3 is 2. The van der Waals surface area contributed by atoms with Crippen molar-refractivity contribution in [1.82, 2.24) is 4.98 Å². The van der Waals surface area contributed by atoms with E-state index < -0.39 is 0 Å². The maximum absolute atomic E-state index is 12.3. The van der Waals surface area contributed by atoms with Gasteiger partial charge in [-0.25, -0.2) is 4.98 Å². The van der Waals surface area contributed by atoms with Crippen LogP contribution >= 0.6 is 11.6 Å². The minimum absolute atomic E-state index is 0.149. The number of hydrogen-bond acceptors (Lipinski definition) is 5. The zero-order chi connectivity index (χ0) is 19.9. The van der Waals surface area contributed by atoms with Crippen molar-refractivity contribution in [1.29, 1.82) is 0 Å². The number of ether oxygens (including phenoxy) is 2. The monoisotopic (exact) mass is 397 g/mol. The molecule has 7 heteroatoms. The summed E-state index contributed by atoms with van der Waals surface area (Å²) in [7, 11) is 3.13. The fourth-order valence-electron chi connectivity index (χ4n) is 2.64. The van der Waals surface area contributed by atoms with Gasteiger partial charge in [-0.2, -0.15) is 0 Å². The van der Waals surface area contributed by atoms with Crippen LogP contribution in [0.2, 0.25) is 5.02 Å². The molecular formula is C21H20ClN3O3. The summed E-state index contributed by atoms with van der Waals surface area (Å²) in [4.78, 5) is 16.6. The van der Waals surface area contributed by atoms with Gasteiger partial charge in [0.2, 0.25) is 5.91 Å². The second-order valence-electron chi connectivity index (χ2n) is 5.98. The Morgan fingerprint density at radius 3 is 2.50 bits per heavy atom. The van der Waals surface area contributed by atoms with Gasteiger partial charge >= 0.3 is 0 Å². The maximum atomic E-state index is 12.3. The molecule has 3 aromatic rings. The van der Waals surface area contributed by atoms with Crippen LogP contribution in [-0.4, -0.2) is 25.1 Å². The SMILES string of the molecule is COc1ccc(CC(=O)Nc2ccc(Nc3cccc(Cl)c3)nc2)cc1OC. The molecule has 1 aromatic heterocycles. The first-order valence-electron chi connectivity index (χ1n) is 8.57. The lowest BCUT2D eigenvalue weighted by atomic mass is 10.1. The fourth-order valence-corrected chi connectivity index (χ4v) is 2.83. The Kier molecular flexibility index (Phi) is 6.34. The molecule has 0 aliphatic heterocycles. The molecule has 1 amide bonds. The highest BCUT2D eigenvalue weighted by Gasteiger charge is 2.09. The lowest BCUT2D eigenvalue weighted by molar-refractivity contribution is -0.115. The summed E-state index contributed by atoms with van der Waals surface area (Å²) in [5.74, 6) is 1.72. The van der Waals surface area contributed by atoms with Gasteiger partial charge in [-0.1, -0.05) is 23.7 Å². The van der Waals surface area contributed by atoms with Crippen molar-refractivity contribution in [3.63, 3.8) is 0 Å². The number of aromatic nitrogens is 1. The minimum Gasteiger partial charge on any atom is -0.493 e. The highest BCUT2D eigenvalue weighted by molar-refractivity contribution is 6.30. The van der Waals surface area contributed by atoms with Crippen LogP contribution < -0.4 is 20.1 Å². The summed E-state index contributed by atoms with van der Waals surface area (Å²) < 4.78 is 10.5. The first-order chi connectivity index (χ1) is 13.6. The van der Waals surface area contributed by atoms with Crippen molar-refractivity contribution in [3.05, 3.63) is 71.4 Å². The number of amides is 1. The van der Waals surface area contributed by atoms with Crippen molar-refractivity contribution in [2.45, 2.75) is 6.42 Å².